The van der Waals surface area contributed by atoms with Crippen LogP contribution < -0.4 is 10.5 Å². The molecule has 0 bridgehead atoms. The highest BCUT2D eigenvalue weighted by Gasteiger charge is 2.09. The van der Waals surface area contributed by atoms with Gasteiger partial charge in [0.2, 0.25) is 0 Å². The number of benzene rings is 1. The Hall–Kier alpha value is -1.22. The third kappa shape index (κ3) is 3.44. The maximum absolute atomic E-state index is 11.1. The second-order valence-electron chi connectivity index (χ2n) is 3.21. The van der Waals surface area contributed by atoms with E-state index < -0.39 is 5.91 Å². The van der Waals surface area contributed by atoms with Crippen LogP contribution in [0.25, 0.3) is 0 Å². The molecule has 1 amide bonds. The highest BCUT2D eigenvalue weighted by Crippen LogP contribution is 2.22. The van der Waals surface area contributed by atoms with E-state index in [-0.39, 0.29) is 0 Å². The largest absolute Gasteiger partial charge is 0.493 e. The van der Waals surface area contributed by atoms with Gasteiger partial charge in [0.1, 0.15) is 5.75 Å². The van der Waals surface area contributed by atoms with Crippen LogP contribution in [0.15, 0.2) is 18.2 Å². The number of halogens is 1. The Balaban J connectivity index is 2.81. The maximum Gasteiger partial charge on any atom is 0.252 e. The minimum absolute atomic E-state index is 0.332. The van der Waals surface area contributed by atoms with Gasteiger partial charge in [-0.1, -0.05) is 24.9 Å². The predicted octanol–water partition coefficient (Wildman–Crippen LogP) is 2.62. The number of hydrogen-bond acceptors (Lipinski definition) is 2. The Kier molecular flexibility index (Phi) is 4.43. The number of carbonyl (C=O) groups is 1. The van der Waals surface area contributed by atoms with Crippen LogP contribution in [0, 0.1) is 0 Å². The van der Waals surface area contributed by atoms with Crippen LogP contribution in [0.5, 0.6) is 5.75 Å². The highest BCUT2D eigenvalue weighted by atomic mass is 35.5. The van der Waals surface area contributed by atoms with Crippen LogP contribution in [0.3, 0.4) is 0 Å². The fourth-order valence-electron chi connectivity index (χ4n) is 1.15. The summed E-state index contributed by atoms with van der Waals surface area (Å²) >= 11 is 5.76. The number of rotatable bonds is 5. The van der Waals surface area contributed by atoms with E-state index in [0.717, 1.165) is 12.8 Å². The van der Waals surface area contributed by atoms with Crippen LogP contribution >= 0.6 is 11.6 Å². The molecule has 0 heterocycles. The van der Waals surface area contributed by atoms with Crippen LogP contribution in [0.4, 0.5) is 0 Å². The van der Waals surface area contributed by atoms with Gasteiger partial charge in [0, 0.05) is 5.02 Å². The number of amides is 1. The van der Waals surface area contributed by atoms with Crippen molar-refractivity contribution in [3.63, 3.8) is 0 Å². The van der Waals surface area contributed by atoms with Crippen molar-refractivity contribution in [2.75, 3.05) is 6.61 Å². The fourth-order valence-corrected chi connectivity index (χ4v) is 1.32. The molecule has 0 aliphatic carbocycles. The molecule has 3 nitrogen and oxygen atoms in total. The van der Waals surface area contributed by atoms with Gasteiger partial charge >= 0.3 is 0 Å². The summed E-state index contributed by atoms with van der Waals surface area (Å²) in [6.07, 6.45) is 1.99. The van der Waals surface area contributed by atoms with Gasteiger partial charge in [-0.05, 0) is 24.6 Å². The minimum Gasteiger partial charge on any atom is -0.493 e. The number of hydrogen-bond donors (Lipinski definition) is 1. The molecule has 0 aliphatic heterocycles. The van der Waals surface area contributed by atoms with Gasteiger partial charge in [0.25, 0.3) is 5.91 Å². The molecular formula is C11H14ClNO2. The highest BCUT2D eigenvalue weighted by molar-refractivity contribution is 6.31. The Bertz CT molecular complexity index is 352. The van der Waals surface area contributed by atoms with E-state index in [1.165, 1.54) is 6.07 Å². The molecular weight excluding hydrogens is 214 g/mol. The van der Waals surface area contributed by atoms with E-state index >= 15 is 0 Å². The smallest absolute Gasteiger partial charge is 0.252 e. The van der Waals surface area contributed by atoms with E-state index in [0.29, 0.717) is 22.9 Å². The molecule has 82 valence electrons. The molecule has 15 heavy (non-hydrogen) atoms. The molecule has 0 radical (unpaired) electrons. The van der Waals surface area contributed by atoms with Gasteiger partial charge in [-0.2, -0.15) is 0 Å². The summed E-state index contributed by atoms with van der Waals surface area (Å²) in [5.41, 5.74) is 5.54. The maximum atomic E-state index is 11.1. The first-order valence-corrected chi connectivity index (χ1v) is 5.25. The van der Waals surface area contributed by atoms with E-state index in [2.05, 4.69) is 6.92 Å². The number of nitrogens with two attached hydrogens (primary N) is 1. The lowest BCUT2D eigenvalue weighted by molar-refractivity contribution is 0.0996. The number of carbonyl (C=O) groups excluding carboxylic acids is 1. The monoisotopic (exact) mass is 227 g/mol. The van der Waals surface area contributed by atoms with Crippen molar-refractivity contribution in [3.05, 3.63) is 28.8 Å². The lowest BCUT2D eigenvalue weighted by Crippen LogP contribution is -2.13. The van der Waals surface area contributed by atoms with Gasteiger partial charge in [-0.3, -0.25) is 4.79 Å². The van der Waals surface area contributed by atoms with E-state index in [9.17, 15) is 4.79 Å². The van der Waals surface area contributed by atoms with Crippen molar-refractivity contribution < 1.29 is 9.53 Å². The van der Waals surface area contributed by atoms with Crippen LogP contribution in [-0.2, 0) is 0 Å². The molecule has 0 unspecified atom stereocenters. The molecule has 4 heteroatoms. The van der Waals surface area contributed by atoms with Crippen molar-refractivity contribution in [1.82, 2.24) is 0 Å². The van der Waals surface area contributed by atoms with Gasteiger partial charge in [-0.25, -0.2) is 0 Å². The molecule has 0 saturated heterocycles. The Morgan fingerprint density at radius 1 is 1.53 bits per heavy atom. The number of primary amides is 1. The second-order valence-corrected chi connectivity index (χ2v) is 3.64. The average molecular weight is 228 g/mol. The standard InChI is InChI=1S/C11H14ClNO2/c1-2-3-6-15-10-5-4-8(12)7-9(10)11(13)14/h4-5,7H,2-3,6H2,1H3,(H2,13,14). The molecule has 1 aromatic rings. The topological polar surface area (TPSA) is 52.3 Å². The van der Waals surface area contributed by atoms with Crippen molar-refractivity contribution in [2.45, 2.75) is 19.8 Å². The summed E-state index contributed by atoms with van der Waals surface area (Å²) in [4.78, 5) is 11.1. The Labute approximate surface area is 94.2 Å². The van der Waals surface area contributed by atoms with Gasteiger partial charge in [0.15, 0.2) is 0 Å². The molecule has 0 aromatic heterocycles. The lowest BCUT2D eigenvalue weighted by atomic mass is 10.2. The van der Waals surface area contributed by atoms with Gasteiger partial charge in [0.05, 0.1) is 12.2 Å². The Morgan fingerprint density at radius 2 is 2.27 bits per heavy atom. The van der Waals surface area contributed by atoms with Crippen molar-refractivity contribution >= 4 is 17.5 Å². The summed E-state index contributed by atoms with van der Waals surface area (Å²) in [5, 5.41) is 0.478. The summed E-state index contributed by atoms with van der Waals surface area (Å²) < 4.78 is 5.43. The number of ether oxygens (including phenoxy) is 1. The van der Waals surface area contributed by atoms with Gasteiger partial charge in [-0.15, -0.1) is 0 Å². The summed E-state index contributed by atoms with van der Waals surface area (Å²) in [5.74, 6) is -0.0238. The predicted molar refractivity (Wildman–Crippen MR) is 60.4 cm³/mol. The fraction of sp³-hybridized carbons (Fsp3) is 0.364. The first-order valence-electron chi connectivity index (χ1n) is 4.87. The molecule has 1 aromatic carbocycles. The van der Waals surface area contributed by atoms with E-state index in [1.54, 1.807) is 12.1 Å². The first kappa shape index (κ1) is 11.9. The van der Waals surface area contributed by atoms with Crippen molar-refractivity contribution in [2.24, 2.45) is 5.73 Å². The van der Waals surface area contributed by atoms with Crippen LogP contribution in [0.2, 0.25) is 5.02 Å². The SMILES string of the molecule is CCCCOc1ccc(Cl)cc1C(N)=O. The summed E-state index contributed by atoms with van der Waals surface area (Å²) in [6.45, 7) is 2.65. The quantitative estimate of drug-likeness (QED) is 0.787. The zero-order valence-corrected chi connectivity index (χ0v) is 9.38. The molecule has 0 saturated carbocycles. The molecule has 0 aliphatic rings. The molecule has 0 fully saturated rings. The zero-order chi connectivity index (χ0) is 11.3. The van der Waals surface area contributed by atoms with Crippen molar-refractivity contribution in [3.8, 4) is 5.75 Å². The second kappa shape index (κ2) is 5.61. The van der Waals surface area contributed by atoms with Crippen LogP contribution in [-0.4, -0.2) is 12.5 Å². The lowest BCUT2D eigenvalue weighted by Gasteiger charge is -2.09. The van der Waals surface area contributed by atoms with E-state index in [1.807, 2.05) is 0 Å². The molecule has 1 rings (SSSR count). The first-order chi connectivity index (χ1) is 7.15. The zero-order valence-electron chi connectivity index (χ0n) is 8.63. The van der Waals surface area contributed by atoms with Gasteiger partial charge < -0.3 is 10.5 Å². The summed E-state index contributed by atoms with van der Waals surface area (Å²) in [7, 11) is 0. The Morgan fingerprint density at radius 3 is 2.87 bits per heavy atom. The van der Waals surface area contributed by atoms with Crippen LogP contribution in [0.1, 0.15) is 30.1 Å². The summed E-state index contributed by atoms with van der Waals surface area (Å²) in [6, 6.07) is 4.86. The molecule has 0 atom stereocenters. The average Bonchev–Trinajstić information content (AvgIpc) is 2.20. The third-order valence-corrected chi connectivity index (χ3v) is 2.20. The molecule has 2 N–H and O–H groups in total. The normalized spacial score (nSPS) is 10.0. The molecule has 0 spiro atoms. The third-order valence-electron chi connectivity index (χ3n) is 1.96. The van der Waals surface area contributed by atoms with E-state index in [4.69, 9.17) is 22.1 Å². The number of unbranched alkanes of at least 4 members (excludes halogenated alkanes) is 1. The van der Waals surface area contributed by atoms with Crippen molar-refractivity contribution in [1.29, 1.82) is 0 Å². The minimum atomic E-state index is -0.524.